The van der Waals surface area contributed by atoms with Crippen molar-refractivity contribution in [2.75, 3.05) is 13.2 Å². The van der Waals surface area contributed by atoms with Crippen LogP contribution in [0.3, 0.4) is 0 Å². The number of aromatic amines is 1. The van der Waals surface area contributed by atoms with Crippen LogP contribution in [0.15, 0.2) is 53.6 Å². The number of aryl methyl sites for hydroxylation is 1. The molecule has 2 fully saturated rings. The molecule has 1 aromatic carbocycles. The largest absolute Gasteiger partial charge is 0.377 e. The molecule has 9 nitrogen and oxygen atoms in total. The Balaban J connectivity index is 1.50. The topological polar surface area (TPSA) is 102 Å². The van der Waals surface area contributed by atoms with E-state index < -0.39 is 6.04 Å². The van der Waals surface area contributed by atoms with Crippen LogP contribution in [-0.4, -0.2) is 54.3 Å². The Morgan fingerprint density at radius 1 is 1.16 bits per heavy atom. The van der Waals surface area contributed by atoms with E-state index in [1.807, 2.05) is 36.0 Å². The molecule has 0 amide bonds. The number of hydrogen-bond acceptors (Lipinski definition) is 7. The Labute approximate surface area is 215 Å². The van der Waals surface area contributed by atoms with Gasteiger partial charge in [-0.05, 0) is 77.7 Å². The monoisotopic (exact) mass is 499 g/mol. The molecular formula is C28H33N7O2. The molecule has 2 aliphatic rings. The third-order valence-corrected chi connectivity index (χ3v) is 7.69. The molecule has 0 radical (unpaired) electrons. The maximum Gasteiger partial charge on any atom is 0.253 e. The average molecular weight is 500 g/mol. The van der Waals surface area contributed by atoms with E-state index in [-0.39, 0.29) is 17.7 Å². The molecule has 2 atom stereocenters. The van der Waals surface area contributed by atoms with Crippen molar-refractivity contribution in [2.45, 2.75) is 70.2 Å². The van der Waals surface area contributed by atoms with Crippen LogP contribution in [0.1, 0.15) is 73.1 Å². The van der Waals surface area contributed by atoms with Crippen molar-refractivity contribution in [1.82, 2.24) is 35.1 Å². The van der Waals surface area contributed by atoms with Gasteiger partial charge in [0.15, 0.2) is 5.82 Å². The number of fused-ring (bicyclic) bond motifs is 1. The maximum atomic E-state index is 13.7. The second-order valence-electron chi connectivity index (χ2n) is 10.4. The van der Waals surface area contributed by atoms with Crippen molar-refractivity contribution >= 4 is 10.9 Å². The Kier molecular flexibility index (Phi) is 6.80. The number of aromatic nitrogens is 6. The summed E-state index contributed by atoms with van der Waals surface area (Å²) in [6.07, 6.45) is 10.2. The van der Waals surface area contributed by atoms with Crippen LogP contribution in [0.2, 0.25) is 0 Å². The molecule has 6 rings (SSSR count). The highest BCUT2D eigenvalue weighted by Crippen LogP contribution is 2.35. The van der Waals surface area contributed by atoms with Crippen molar-refractivity contribution < 1.29 is 4.74 Å². The number of benzene rings is 1. The zero-order valence-electron chi connectivity index (χ0n) is 21.2. The van der Waals surface area contributed by atoms with E-state index in [0.717, 1.165) is 54.3 Å². The second kappa shape index (κ2) is 10.5. The Hall–Kier alpha value is -3.43. The van der Waals surface area contributed by atoms with Crippen molar-refractivity contribution in [3.63, 3.8) is 0 Å². The number of pyridine rings is 2. The van der Waals surface area contributed by atoms with E-state index in [1.165, 1.54) is 12.8 Å². The van der Waals surface area contributed by atoms with Crippen molar-refractivity contribution in [3.8, 4) is 0 Å². The van der Waals surface area contributed by atoms with Gasteiger partial charge in [-0.1, -0.05) is 31.0 Å². The van der Waals surface area contributed by atoms with Crippen LogP contribution < -0.4 is 5.56 Å². The van der Waals surface area contributed by atoms with Gasteiger partial charge in [-0.2, -0.15) is 0 Å². The maximum absolute atomic E-state index is 13.7. The van der Waals surface area contributed by atoms with Gasteiger partial charge in [0.25, 0.3) is 5.56 Å². The SMILES string of the molecule is Cc1ccc2cc(C(c3nnnn3C3CCCC3)N(Cc3cccnc3)CC3CCCO3)c(=O)[nH]c2c1. The molecule has 1 N–H and O–H groups in total. The lowest BCUT2D eigenvalue weighted by Gasteiger charge is -2.33. The lowest BCUT2D eigenvalue weighted by Crippen LogP contribution is -2.39. The van der Waals surface area contributed by atoms with Crippen molar-refractivity contribution in [1.29, 1.82) is 0 Å². The van der Waals surface area contributed by atoms with E-state index >= 15 is 0 Å². The predicted octanol–water partition coefficient (Wildman–Crippen LogP) is 4.10. The smallest absolute Gasteiger partial charge is 0.253 e. The number of H-pyrrole nitrogens is 1. The summed E-state index contributed by atoms with van der Waals surface area (Å²) in [6.45, 7) is 4.07. The molecule has 0 bridgehead atoms. The molecule has 37 heavy (non-hydrogen) atoms. The molecule has 4 aromatic rings. The van der Waals surface area contributed by atoms with Crippen LogP contribution in [-0.2, 0) is 11.3 Å². The van der Waals surface area contributed by atoms with Crippen molar-refractivity contribution in [2.24, 2.45) is 0 Å². The fourth-order valence-electron chi connectivity index (χ4n) is 5.86. The molecule has 0 spiro atoms. The van der Waals surface area contributed by atoms with Gasteiger partial charge in [0.1, 0.15) is 6.04 Å². The number of ether oxygens (including phenoxy) is 1. The van der Waals surface area contributed by atoms with Gasteiger partial charge in [-0.3, -0.25) is 14.7 Å². The van der Waals surface area contributed by atoms with Crippen LogP contribution in [0.5, 0.6) is 0 Å². The number of rotatable bonds is 8. The van der Waals surface area contributed by atoms with Crippen molar-refractivity contribution in [3.05, 3.63) is 81.7 Å². The summed E-state index contributed by atoms with van der Waals surface area (Å²) in [5, 5.41) is 14.1. The van der Waals surface area contributed by atoms with Gasteiger partial charge in [0, 0.05) is 43.2 Å². The van der Waals surface area contributed by atoms with Gasteiger partial charge in [-0.15, -0.1) is 5.10 Å². The first kappa shape index (κ1) is 23.9. The van der Waals surface area contributed by atoms with Gasteiger partial charge < -0.3 is 9.72 Å². The van der Waals surface area contributed by atoms with Crippen LogP contribution in [0, 0.1) is 6.92 Å². The van der Waals surface area contributed by atoms with Crippen LogP contribution in [0.4, 0.5) is 0 Å². The molecular weight excluding hydrogens is 466 g/mol. The standard InChI is InChI=1S/C28H33N7O2/c1-19-10-11-21-15-24(28(36)30-25(21)14-19)26(27-31-32-33-35(27)22-7-2-3-8-22)34(18-23-9-5-13-37-23)17-20-6-4-12-29-16-20/h4,6,10-12,14-16,22-23,26H,2-3,5,7-9,13,17-18H2,1H3,(H,30,36). The van der Waals surface area contributed by atoms with E-state index in [0.29, 0.717) is 24.5 Å². The summed E-state index contributed by atoms with van der Waals surface area (Å²) in [5.74, 6) is 0.714. The summed E-state index contributed by atoms with van der Waals surface area (Å²) in [4.78, 5) is 23.5. The van der Waals surface area contributed by atoms with Gasteiger partial charge in [0.05, 0.1) is 12.1 Å². The third kappa shape index (κ3) is 5.06. The summed E-state index contributed by atoms with van der Waals surface area (Å²) < 4.78 is 8.04. The Bertz CT molecular complexity index is 1410. The summed E-state index contributed by atoms with van der Waals surface area (Å²) in [7, 11) is 0. The van der Waals surface area contributed by atoms with E-state index in [9.17, 15) is 4.79 Å². The normalized spacial score (nSPS) is 19.2. The Morgan fingerprint density at radius 2 is 2.05 bits per heavy atom. The molecule has 192 valence electrons. The predicted molar refractivity (Wildman–Crippen MR) is 140 cm³/mol. The molecule has 1 saturated heterocycles. The lowest BCUT2D eigenvalue weighted by atomic mass is 10.0. The van der Waals surface area contributed by atoms with E-state index in [2.05, 4.69) is 48.6 Å². The highest BCUT2D eigenvalue weighted by Gasteiger charge is 2.35. The Morgan fingerprint density at radius 3 is 2.84 bits per heavy atom. The number of tetrazole rings is 1. The highest BCUT2D eigenvalue weighted by atomic mass is 16.5. The van der Waals surface area contributed by atoms with Gasteiger partial charge >= 0.3 is 0 Å². The average Bonchev–Trinajstić information content (AvgIpc) is 3.68. The second-order valence-corrected chi connectivity index (χ2v) is 10.4. The number of nitrogens with one attached hydrogen (secondary N) is 1. The first-order valence-corrected chi connectivity index (χ1v) is 13.3. The first-order valence-electron chi connectivity index (χ1n) is 13.3. The zero-order chi connectivity index (χ0) is 25.2. The van der Waals surface area contributed by atoms with E-state index in [1.54, 1.807) is 6.20 Å². The molecule has 1 aliphatic heterocycles. The third-order valence-electron chi connectivity index (χ3n) is 7.69. The zero-order valence-corrected chi connectivity index (χ0v) is 21.2. The molecule has 9 heteroatoms. The van der Waals surface area contributed by atoms with Crippen LogP contribution in [0.25, 0.3) is 10.9 Å². The van der Waals surface area contributed by atoms with Gasteiger partial charge in [0.2, 0.25) is 0 Å². The summed E-state index contributed by atoms with van der Waals surface area (Å²) >= 11 is 0. The molecule has 1 aliphatic carbocycles. The number of nitrogens with zero attached hydrogens (tertiary/aromatic N) is 6. The van der Waals surface area contributed by atoms with Crippen LogP contribution >= 0.6 is 0 Å². The fourth-order valence-corrected chi connectivity index (χ4v) is 5.86. The molecule has 1 saturated carbocycles. The fraction of sp³-hybridized carbons (Fsp3) is 0.464. The minimum Gasteiger partial charge on any atom is -0.377 e. The summed E-state index contributed by atoms with van der Waals surface area (Å²) in [6, 6.07) is 12.0. The quantitative estimate of drug-likeness (QED) is 0.389. The minimum absolute atomic E-state index is 0.0946. The van der Waals surface area contributed by atoms with E-state index in [4.69, 9.17) is 4.74 Å². The molecule has 3 aromatic heterocycles. The lowest BCUT2D eigenvalue weighted by molar-refractivity contribution is 0.0569. The van der Waals surface area contributed by atoms with Gasteiger partial charge in [-0.25, -0.2) is 4.68 Å². The minimum atomic E-state index is -0.436. The molecule has 2 unspecified atom stereocenters. The first-order chi connectivity index (χ1) is 18.2. The number of hydrogen-bond donors (Lipinski definition) is 1. The summed E-state index contributed by atoms with van der Waals surface area (Å²) in [5.41, 5.74) is 3.54. The highest BCUT2D eigenvalue weighted by molar-refractivity contribution is 5.79. The molecule has 4 heterocycles.